The number of rotatable bonds is 20. The average molecular weight is 374 g/mol. The fourth-order valence-corrected chi connectivity index (χ4v) is 3.62. The van der Waals surface area contributed by atoms with Crippen molar-refractivity contribution in [1.29, 1.82) is 0 Å². The van der Waals surface area contributed by atoms with E-state index in [4.69, 9.17) is 5.11 Å². The summed E-state index contributed by atoms with van der Waals surface area (Å²) in [5, 5.41) is 12.3. The lowest BCUT2D eigenvalue weighted by molar-refractivity contribution is -0.139. The van der Waals surface area contributed by atoms with Crippen molar-refractivity contribution in [2.45, 2.75) is 109 Å². The number of carboxylic acids is 1. The summed E-state index contributed by atoms with van der Waals surface area (Å²) in [6, 6.07) is -0.366. The molecule has 0 aromatic heterocycles. The number of unbranched alkanes of at least 4 members (excludes halogenated alkanes) is 13. The molecule has 1 atom stereocenters. The molecule has 0 amide bonds. The zero-order valence-electron chi connectivity index (χ0n) is 16.9. The Morgan fingerprint density at radius 2 is 1.28 bits per heavy atom. The lowest BCUT2D eigenvalue weighted by Gasteiger charge is -2.13. The molecular weight excluding hydrogens is 330 g/mol. The molecule has 25 heavy (non-hydrogen) atoms. The van der Waals surface area contributed by atoms with Crippen LogP contribution in [0.25, 0.3) is 0 Å². The topological polar surface area (TPSA) is 49.3 Å². The lowest BCUT2D eigenvalue weighted by Crippen LogP contribution is -2.37. The zero-order valence-corrected chi connectivity index (χ0v) is 17.7. The van der Waals surface area contributed by atoms with Gasteiger partial charge in [0.2, 0.25) is 0 Å². The molecule has 3 nitrogen and oxygen atoms in total. The van der Waals surface area contributed by atoms with Crippen molar-refractivity contribution in [3.05, 3.63) is 0 Å². The quantitative estimate of drug-likeness (QED) is 0.247. The van der Waals surface area contributed by atoms with Crippen LogP contribution in [0.4, 0.5) is 0 Å². The highest BCUT2D eigenvalue weighted by atomic mass is 32.2. The standard InChI is InChI=1S/C21H43NO2S/c1-3-4-5-6-7-8-9-10-11-12-13-14-15-16-18-22-20(21(23)24)17-19-25-2/h20,22H,3-19H2,1-2H3,(H,23,24). The molecule has 0 aliphatic carbocycles. The van der Waals surface area contributed by atoms with E-state index in [0.29, 0.717) is 0 Å². The second-order valence-electron chi connectivity index (χ2n) is 7.22. The third-order valence-electron chi connectivity index (χ3n) is 4.83. The van der Waals surface area contributed by atoms with Gasteiger partial charge in [-0.15, -0.1) is 0 Å². The maximum absolute atomic E-state index is 11.1. The van der Waals surface area contributed by atoms with Crippen molar-refractivity contribution < 1.29 is 9.90 Å². The highest BCUT2D eigenvalue weighted by Crippen LogP contribution is 2.12. The van der Waals surface area contributed by atoms with Crippen LogP contribution in [0.3, 0.4) is 0 Å². The average Bonchev–Trinajstić information content (AvgIpc) is 2.60. The number of carbonyl (C=O) groups is 1. The van der Waals surface area contributed by atoms with Gasteiger partial charge in [-0.25, -0.2) is 0 Å². The SMILES string of the molecule is CCCCCCCCCCCCCCCCNC(CCSC)C(=O)O. The van der Waals surface area contributed by atoms with Gasteiger partial charge < -0.3 is 10.4 Å². The predicted molar refractivity (Wildman–Crippen MR) is 113 cm³/mol. The number of thioether (sulfide) groups is 1. The Hall–Kier alpha value is -0.220. The summed E-state index contributed by atoms with van der Waals surface area (Å²) in [5.41, 5.74) is 0. The molecule has 0 aliphatic rings. The largest absolute Gasteiger partial charge is 0.480 e. The maximum Gasteiger partial charge on any atom is 0.320 e. The van der Waals surface area contributed by atoms with Crippen LogP contribution in [0.1, 0.15) is 103 Å². The van der Waals surface area contributed by atoms with Gasteiger partial charge in [-0.05, 0) is 31.4 Å². The van der Waals surface area contributed by atoms with Crippen molar-refractivity contribution in [3.63, 3.8) is 0 Å². The van der Waals surface area contributed by atoms with Crippen LogP contribution in [0, 0.1) is 0 Å². The molecule has 0 aromatic rings. The third kappa shape index (κ3) is 18.4. The van der Waals surface area contributed by atoms with Crippen molar-refractivity contribution in [2.75, 3.05) is 18.6 Å². The number of hydrogen-bond donors (Lipinski definition) is 2. The van der Waals surface area contributed by atoms with Crippen LogP contribution in [-0.2, 0) is 4.79 Å². The van der Waals surface area contributed by atoms with Gasteiger partial charge in [-0.1, -0.05) is 90.4 Å². The van der Waals surface area contributed by atoms with E-state index in [-0.39, 0.29) is 6.04 Å². The first-order valence-electron chi connectivity index (χ1n) is 10.7. The molecule has 0 radical (unpaired) electrons. The Morgan fingerprint density at radius 3 is 1.68 bits per heavy atom. The first-order chi connectivity index (χ1) is 12.2. The van der Waals surface area contributed by atoms with E-state index in [1.165, 1.54) is 83.5 Å². The molecule has 4 heteroatoms. The summed E-state index contributed by atoms with van der Waals surface area (Å²) in [5.74, 6) is 0.197. The molecule has 150 valence electrons. The highest BCUT2D eigenvalue weighted by molar-refractivity contribution is 7.98. The molecule has 0 spiro atoms. The van der Waals surface area contributed by atoms with E-state index in [1.54, 1.807) is 11.8 Å². The lowest BCUT2D eigenvalue weighted by atomic mass is 10.0. The number of aliphatic carboxylic acids is 1. The van der Waals surface area contributed by atoms with Crippen molar-refractivity contribution in [1.82, 2.24) is 5.32 Å². The summed E-state index contributed by atoms with van der Waals surface area (Å²) in [6.07, 6.45) is 21.7. The van der Waals surface area contributed by atoms with Gasteiger partial charge in [0.05, 0.1) is 0 Å². The second kappa shape index (κ2) is 20.1. The van der Waals surface area contributed by atoms with Crippen LogP contribution in [0.5, 0.6) is 0 Å². The monoisotopic (exact) mass is 373 g/mol. The van der Waals surface area contributed by atoms with Crippen LogP contribution in [0.2, 0.25) is 0 Å². The third-order valence-corrected chi connectivity index (χ3v) is 5.47. The summed E-state index contributed by atoms with van der Waals surface area (Å²) in [7, 11) is 0. The van der Waals surface area contributed by atoms with E-state index in [9.17, 15) is 4.79 Å². The van der Waals surface area contributed by atoms with Crippen molar-refractivity contribution in [2.24, 2.45) is 0 Å². The van der Waals surface area contributed by atoms with Crippen LogP contribution >= 0.6 is 11.8 Å². The Balaban J connectivity index is 3.24. The van der Waals surface area contributed by atoms with Crippen LogP contribution < -0.4 is 5.32 Å². The zero-order chi connectivity index (χ0) is 18.6. The fourth-order valence-electron chi connectivity index (χ4n) is 3.14. The summed E-state index contributed by atoms with van der Waals surface area (Å²) >= 11 is 1.71. The van der Waals surface area contributed by atoms with E-state index in [2.05, 4.69) is 12.2 Å². The fraction of sp³-hybridized carbons (Fsp3) is 0.952. The number of nitrogens with one attached hydrogen (secondary N) is 1. The van der Waals surface area contributed by atoms with Gasteiger partial charge in [0.15, 0.2) is 0 Å². The Labute approximate surface area is 161 Å². The molecule has 0 rings (SSSR count). The predicted octanol–water partition coefficient (Wildman–Crippen LogP) is 6.26. The molecule has 0 aromatic carbocycles. The molecule has 0 heterocycles. The first kappa shape index (κ1) is 24.8. The van der Waals surface area contributed by atoms with Crippen LogP contribution in [-0.4, -0.2) is 35.7 Å². The molecule has 0 bridgehead atoms. The molecule has 0 saturated carbocycles. The Kier molecular flexibility index (Phi) is 19.9. The number of carboxylic acid groups (broad SMARTS) is 1. The summed E-state index contributed by atoms with van der Waals surface area (Å²) in [6.45, 7) is 3.11. The summed E-state index contributed by atoms with van der Waals surface area (Å²) < 4.78 is 0. The molecule has 0 saturated heterocycles. The minimum absolute atomic E-state index is 0.366. The molecule has 2 N–H and O–H groups in total. The van der Waals surface area contributed by atoms with Gasteiger partial charge in [0, 0.05) is 0 Å². The Morgan fingerprint density at radius 1 is 0.840 bits per heavy atom. The van der Waals surface area contributed by atoms with Crippen molar-refractivity contribution in [3.8, 4) is 0 Å². The Bertz CT molecular complexity index is 287. The van der Waals surface area contributed by atoms with E-state index >= 15 is 0 Å². The van der Waals surface area contributed by atoms with E-state index < -0.39 is 5.97 Å². The van der Waals surface area contributed by atoms with E-state index in [0.717, 1.165) is 25.1 Å². The maximum atomic E-state index is 11.1. The molecular formula is C21H43NO2S. The van der Waals surface area contributed by atoms with Gasteiger partial charge in [0.25, 0.3) is 0 Å². The minimum atomic E-state index is -0.709. The normalized spacial score (nSPS) is 12.4. The summed E-state index contributed by atoms with van der Waals surface area (Å²) in [4.78, 5) is 11.1. The number of hydrogen-bond acceptors (Lipinski definition) is 3. The smallest absolute Gasteiger partial charge is 0.320 e. The van der Waals surface area contributed by atoms with Gasteiger partial charge >= 0.3 is 5.97 Å². The molecule has 0 fully saturated rings. The van der Waals surface area contributed by atoms with E-state index in [1.807, 2.05) is 6.26 Å². The van der Waals surface area contributed by atoms with Crippen LogP contribution in [0.15, 0.2) is 0 Å². The van der Waals surface area contributed by atoms with Crippen molar-refractivity contribution >= 4 is 17.7 Å². The minimum Gasteiger partial charge on any atom is -0.480 e. The second-order valence-corrected chi connectivity index (χ2v) is 8.21. The van der Waals surface area contributed by atoms with Gasteiger partial charge in [0.1, 0.15) is 6.04 Å². The van der Waals surface area contributed by atoms with Gasteiger partial charge in [-0.3, -0.25) is 4.79 Å². The molecule has 1 unspecified atom stereocenters. The van der Waals surface area contributed by atoms with Gasteiger partial charge in [-0.2, -0.15) is 11.8 Å². The highest BCUT2D eigenvalue weighted by Gasteiger charge is 2.15. The molecule has 0 aliphatic heterocycles. The first-order valence-corrected chi connectivity index (χ1v) is 12.1.